The van der Waals surface area contributed by atoms with Crippen LogP contribution in [0, 0.1) is 5.92 Å². The minimum Gasteiger partial charge on any atom is -0.465 e. The van der Waals surface area contributed by atoms with Gasteiger partial charge in [0.15, 0.2) is 0 Å². The van der Waals surface area contributed by atoms with E-state index in [1.807, 2.05) is 13.8 Å². The molecule has 0 saturated carbocycles. The Morgan fingerprint density at radius 3 is 2.65 bits per heavy atom. The molecule has 0 radical (unpaired) electrons. The van der Waals surface area contributed by atoms with Crippen LogP contribution in [0.1, 0.15) is 28.5 Å². The second-order valence-electron chi connectivity index (χ2n) is 6.18. The van der Waals surface area contributed by atoms with Crippen molar-refractivity contribution in [2.75, 3.05) is 20.8 Å². The molecule has 1 saturated heterocycles. The Kier molecular flexibility index (Phi) is 6.75. The number of hydrogen-bond donors (Lipinski definition) is 4. The van der Waals surface area contributed by atoms with Gasteiger partial charge in [0.1, 0.15) is 12.2 Å². The Balaban J connectivity index is 3.14. The lowest BCUT2D eigenvalue weighted by Crippen LogP contribution is -2.66. The van der Waals surface area contributed by atoms with Crippen molar-refractivity contribution in [3.63, 3.8) is 0 Å². The minimum absolute atomic E-state index is 0.0940. The first-order valence-electron chi connectivity index (χ1n) is 8.34. The molecule has 6 atom stereocenters. The highest BCUT2D eigenvalue weighted by Crippen LogP contribution is 2.34. The normalized spacial score (nSPS) is 34.8. The van der Waals surface area contributed by atoms with Gasteiger partial charge in [-0.25, -0.2) is 4.79 Å². The third-order valence-electron chi connectivity index (χ3n) is 3.78. The standard InChI is InChI=1S/C15H29NO7/c1-8(2)7-22-15(14(20)21-5)6-10(18)11(16-4)13(23-15)12(19)9(3)17/h8-13,16-19H,6-7H2,1-5H3/i3D. The zero-order valence-electron chi connectivity index (χ0n) is 15.1. The Labute approximate surface area is 138 Å². The number of aliphatic hydroxyl groups excluding tert-OH is 3. The average molecular weight is 336 g/mol. The van der Waals surface area contributed by atoms with E-state index in [4.69, 9.17) is 15.6 Å². The number of ether oxygens (including phenoxy) is 3. The molecule has 1 aliphatic heterocycles. The Morgan fingerprint density at radius 1 is 1.52 bits per heavy atom. The van der Waals surface area contributed by atoms with Crippen molar-refractivity contribution >= 4 is 5.97 Å². The molecular weight excluding hydrogens is 306 g/mol. The van der Waals surface area contributed by atoms with Gasteiger partial charge in [-0.15, -0.1) is 0 Å². The maximum atomic E-state index is 12.3. The molecule has 1 heterocycles. The van der Waals surface area contributed by atoms with Crippen molar-refractivity contribution in [1.29, 1.82) is 0 Å². The molecule has 0 spiro atoms. The van der Waals surface area contributed by atoms with Crippen molar-refractivity contribution < 1.29 is 35.7 Å². The van der Waals surface area contributed by atoms with Crippen molar-refractivity contribution in [3.05, 3.63) is 0 Å². The van der Waals surface area contributed by atoms with Crippen LogP contribution < -0.4 is 5.32 Å². The molecule has 8 nitrogen and oxygen atoms in total. The number of aliphatic hydroxyl groups is 3. The van der Waals surface area contributed by atoms with Crippen LogP contribution in [0.4, 0.5) is 0 Å². The predicted octanol–water partition coefficient (Wildman–Crippen LogP) is -0.992. The van der Waals surface area contributed by atoms with Crippen LogP contribution in [-0.4, -0.2) is 78.3 Å². The van der Waals surface area contributed by atoms with Crippen LogP contribution in [0.2, 0.25) is 0 Å². The van der Waals surface area contributed by atoms with E-state index in [0.717, 1.165) is 0 Å². The summed E-state index contributed by atoms with van der Waals surface area (Å²) in [4.78, 5) is 12.3. The molecule has 1 rings (SSSR count). The number of nitrogens with one attached hydrogen (secondary N) is 1. The average Bonchev–Trinajstić information content (AvgIpc) is 2.57. The van der Waals surface area contributed by atoms with Gasteiger partial charge in [0.2, 0.25) is 0 Å². The number of esters is 1. The maximum absolute atomic E-state index is 12.3. The zero-order valence-corrected chi connectivity index (χ0v) is 14.1. The van der Waals surface area contributed by atoms with Gasteiger partial charge in [-0.05, 0) is 19.9 Å². The highest BCUT2D eigenvalue weighted by molar-refractivity contribution is 5.78. The predicted molar refractivity (Wildman–Crippen MR) is 81.6 cm³/mol. The summed E-state index contributed by atoms with van der Waals surface area (Å²) >= 11 is 0. The van der Waals surface area contributed by atoms with E-state index in [2.05, 4.69) is 5.32 Å². The van der Waals surface area contributed by atoms with Crippen molar-refractivity contribution in [1.82, 2.24) is 5.32 Å². The summed E-state index contributed by atoms with van der Waals surface area (Å²) in [5, 5.41) is 33.3. The van der Waals surface area contributed by atoms with E-state index in [0.29, 0.717) is 0 Å². The first-order chi connectivity index (χ1) is 11.2. The fraction of sp³-hybridized carbons (Fsp3) is 0.933. The van der Waals surface area contributed by atoms with E-state index in [9.17, 15) is 20.1 Å². The zero-order chi connectivity index (χ0) is 18.5. The van der Waals surface area contributed by atoms with E-state index in [1.54, 1.807) is 7.05 Å². The molecule has 0 amide bonds. The molecule has 136 valence electrons. The number of likely N-dealkylation sites (N-methyl/N-ethyl adjacent to an activating group) is 1. The molecule has 0 aromatic rings. The molecular formula is C15H29NO7. The Morgan fingerprint density at radius 2 is 2.17 bits per heavy atom. The lowest BCUT2D eigenvalue weighted by molar-refractivity contribution is -0.313. The molecule has 0 bridgehead atoms. The summed E-state index contributed by atoms with van der Waals surface area (Å²) in [7, 11) is 2.73. The SMILES string of the molecule is [2H]CC(O)C(O)C1OC(OCC(C)C)(C(=O)OC)CC(O)C1NC. The van der Waals surface area contributed by atoms with Gasteiger partial charge in [-0.3, -0.25) is 0 Å². The molecule has 0 aliphatic carbocycles. The number of rotatable bonds is 7. The molecule has 1 aliphatic rings. The molecule has 8 heteroatoms. The number of carbonyl (C=O) groups is 1. The first kappa shape index (κ1) is 18.6. The van der Waals surface area contributed by atoms with Crippen LogP contribution >= 0.6 is 0 Å². The fourth-order valence-electron chi connectivity index (χ4n) is 2.56. The minimum atomic E-state index is -1.88. The van der Waals surface area contributed by atoms with E-state index < -0.39 is 49.1 Å². The van der Waals surface area contributed by atoms with Gasteiger partial charge in [-0.1, -0.05) is 13.8 Å². The van der Waals surface area contributed by atoms with Gasteiger partial charge in [-0.2, -0.15) is 0 Å². The third kappa shape index (κ3) is 4.62. The lowest BCUT2D eigenvalue weighted by atomic mass is 9.89. The summed E-state index contributed by atoms with van der Waals surface area (Å²) in [6.07, 6.45) is -5.31. The van der Waals surface area contributed by atoms with E-state index in [-0.39, 0.29) is 18.9 Å². The highest BCUT2D eigenvalue weighted by atomic mass is 16.7. The van der Waals surface area contributed by atoms with Gasteiger partial charge >= 0.3 is 5.97 Å². The van der Waals surface area contributed by atoms with E-state index >= 15 is 0 Å². The number of methoxy groups -OCH3 is 1. The Bertz CT molecular complexity index is 411. The Hall–Kier alpha value is -0.770. The summed E-state index contributed by atoms with van der Waals surface area (Å²) < 4.78 is 23.3. The van der Waals surface area contributed by atoms with Gasteiger partial charge in [0, 0.05) is 7.79 Å². The molecule has 0 aromatic carbocycles. The quantitative estimate of drug-likeness (QED) is 0.438. The molecule has 0 aromatic heterocycles. The van der Waals surface area contributed by atoms with Crippen LogP contribution in [0.5, 0.6) is 0 Å². The number of hydrogen-bond acceptors (Lipinski definition) is 8. The second-order valence-corrected chi connectivity index (χ2v) is 6.18. The third-order valence-corrected chi connectivity index (χ3v) is 3.78. The van der Waals surface area contributed by atoms with Crippen LogP contribution in [-0.2, 0) is 19.0 Å². The van der Waals surface area contributed by atoms with Gasteiger partial charge < -0.3 is 34.8 Å². The molecule has 6 unspecified atom stereocenters. The molecule has 1 fully saturated rings. The van der Waals surface area contributed by atoms with Gasteiger partial charge in [0.05, 0.1) is 32.0 Å². The monoisotopic (exact) mass is 336 g/mol. The lowest BCUT2D eigenvalue weighted by Gasteiger charge is -2.46. The smallest absolute Gasteiger partial charge is 0.366 e. The maximum Gasteiger partial charge on any atom is 0.366 e. The van der Waals surface area contributed by atoms with Crippen LogP contribution in [0.3, 0.4) is 0 Å². The molecule has 4 N–H and O–H groups in total. The van der Waals surface area contributed by atoms with Crippen LogP contribution in [0.25, 0.3) is 0 Å². The summed E-state index contributed by atoms with van der Waals surface area (Å²) in [6.45, 7) is 3.50. The van der Waals surface area contributed by atoms with Crippen molar-refractivity contribution in [2.45, 2.75) is 63.4 Å². The van der Waals surface area contributed by atoms with Crippen molar-refractivity contribution in [3.8, 4) is 0 Å². The summed E-state index contributed by atoms with van der Waals surface area (Å²) in [6, 6.07) is -0.748. The topological polar surface area (TPSA) is 117 Å². The number of carbonyl (C=O) groups excluding carboxylic acids is 1. The summed E-state index contributed by atoms with van der Waals surface area (Å²) in [5.41, 5.74) is 0. The fourth-order valence-corrected chi connectivity index (χ4v) is 2.56. The highest BCUT2D eigenvalue weighted by Gasteiger charge is 2.55. The van der Waals surface area contributed by atoms with Crippen molar-refractivity contribution in [2.24, 2.45) is 5.92 Å². The second kappa shape index (κ2) is 8.36. The largest absolute Gasteiger partial charge is 0.465 e. The van der Waals surface area contributed by atoms with Gasteiger partial charge in [0.25, 0.3) is 5.79 Å². The van der Waals surface area contributed by atoms with E-state index in [1.165, 1.54) is 7.11 Å². The first-order valence-corrected chi connectivity index (χ1v) is 7.63. The van der Waals surface area contributed by atoms with Crippen LogP contribution in [0.15, 0.2) is 0 Å². The summed E-state index contributed by atoms with van der Waals surface area (Å²) in [5.74, 6) is -2.61. The molecule has 23 heavy (non-hydrogen) atoms.